The van der Waals surface area contributed by atoms with Gasteiger partial charge in [0.2, 0.25) is 10.0 Å². The number of sulfonamides is 1. The Balaban J connectivity index is 2.96. The first-order chi connectivity index (χ1) is 10.0. The summed E-state index contributed by atoms with van der Waals surface area (Å²) in [6.07, 6.45) is 0.586. The van der Waals surface area contributed by atoms with Gasteiger partial charge < -0.3 is 14.6 Å². The molecule has 21 heavy (non-hydrogen) atoms. The average molecular weight is 313 g/mol. The summed E-state index contributed by atoms with van der Waals surface area (Å²) in [6.45, 7) is 0.466. The number of methoxy groups -OCH3 is 2. The number of nitrogens with one attached hydrogen (secondary N) is 1. The summed E-state index contributed by atoms with van der Waals surface area (Å²) in [7, 11) is -0.576. The van der Waals surface area contributed by atoms with Gasteiger partial charge in [0.1, 0.15) is 12.4 Å². The molecule has 1 aromatic carbocycles. The number of aliphatic hydroxyl groups excluding tert-OH is 1. The molecule has 0 amide bonds. The van der Waals surface area contributed by atoms with E-state index in [0.717, 1.165) is 0 Å². The van der Waals surface area contributed by atoms with E-state index in [1.54, 1.807) is 7.11 Å². The number of benzene rings is 1. The zero-order valence-corrected chi connectivity index (χ0v) is 12.9. The minimum absolute atomic E-state index is 0.1000. The molecule has 0 spiro atoms. The van der Waals surface area contributed by atoms with Crippen molar-refractivity contribution in [2.24, 2.45) is 0 Å². The number of hydrogen-bond acceptors (Lipinski definition) is 5. The second-order valence-electron chi connectivity index (χ2n) is 4.07. The zero-order chi connectivity index (χ0) is 15.7. The monoisotopic (exact) mass is 313 g/mol. The van der Waals surface area contributed by atoms with Crippen molar-refractivity contribution in [1.82, 2.24) is 4.72 Å². The summed E-state index contributed by atoms with van der Waals surface area (Å²) in [5, 5.41) is 8.73. The molecule has 0 saturated heterocycles. The Morgan fingerprint density at radius 2 is 2.10 bits per heavy atom. The van der Waals surface area contributed by atoms with Crippen molar-refractivity contribution in [2.45, 2.75) is 11.3 Å². The Labute approximate surface area is 125 Å². The molecule has 0 aliphatic carbocycles. The van der Waals surface area contributed by atoms with Gasteiger partial charge in [-0.3, -0.25) is 0 Å². The summed E-state index contributed by atoms with van der Waals surface area (Å²) in [5.74, 6) is 5.59. The Bertz CT molecular complexity index is 616. The van der Waals surface area contributed by atoms with Crippen molar-refractivity contribution in [3.05, 3.63) is 23.8 Å². The Kier molecular flexibility index (Phi) is 7.19. The third-order valence-corrected chi connectivity index (χ3v) is 4.06. The highest BCUT2D eigenvalue weighted by atomic mass is 32.2. The van der Waals surface area contributed by atoms with Crippen LogP contribution in [0.15, 0.2) is 23.1 Å². The van der Waals surface area contributed by atoms with Crippen LogP contribution in [0.5, 0.6) is 5.75 Å². The van der Waals surface area contributed by atoms with Gasteiger partial charge in [-0.2, -0.15) is 0 Å². The number of ether oxygens (including phenoxy) is 2. The van der Waals surface area contributed by atoms with Gasteiger partial charge in [0.05, 0.1) is 17.6 Å². The van der Waals surface area contributed by atoms with Gasteiger partial charge in [0.15, 0.2) is 0 Å². The van der Waals surface area contributed by atoms with E-state index in [4.69, 9.17) is 14.6 Å². The molecule has 0 bridgehead atoms. The van der Waals surface area contributed by atoms with E-state index >= 15 is 0 Å². The van der Waals surface area contributed by atoms with E-state index in [1.807, 2.05) is 0 Å². The van der Waals surface area contributed by atoms with Gasteiger partial charge in [-0.1, -0.05) is 11.8 Å². The summed E-state index contributed by atoms with van der Waals surface area (Å²) in [4.78, 5) is 0.1000. The van der Waals surface area contributed by atoms with Gasteiger partial charge in [-0.25, -0.2) is 13.1 Å². The molecular formula is C14H19NO5S. The van der Waals surface area contributed by atoms with Gasteiger partial charge in [0.25, 0.3) is 0 Å². The number of aliphatic hydroxyl groups is 1. The van der Waals surface area contributed by atoms with Crippen LogP contribution in [0.25, 0.3) is 0 Å². The lowest BCUT2D eigenvalue weighted by Crippen LogP contribution is -2.25. The van der Waals surface area contributed by atoms with Crippen LogP contribution >= 0.6 is 0 Å². The third-order valence-electron chi connectivity index (χ3n) is 2.60. The highest BCUT2D eigenvalue weighted by Gasteiger charge is 2.15. The molecule has 0 aromatic heterocycles. The predicted molar refractivity (Wildman–Crippen MR) is 78.6 cm³/mol. The molecule has 0 atom stereocenters. The van der Waals surface area contributed by atoms with Gasteiger partial charge in [-0.15, -0.1) is 0 Å². The van der Waals surface area contributed by atoms with Crippen LogP contribution in [0.1, 0.15) is 12.0 Å². The van der Waals surface area contributed by atoms with Crippen LogP contribution in [0, 0.1) is 11.8 Å². The van der Waals surface area contributed by atoms with Crippen LogP contribution in [0.4, 0.5) is 0 Å². The SMILES string of the molecule is COCCCNS(=O)(=O)c1ccc(OC)c(C#CCO)c1. The maximum absolute atomic E-state index is 12.1. The topological polar surface area (TPSA) is 84.9 Å². The maximum atomic E-state index is 12.1. The van der Waals surface area contributed by atoms with Gasteiger partial charge in [-0.05, 0) is 24.6 Å². The van der Waals surface area contributed by atoms with Crippen LogP contribution < -0.4 is 9.46 Å². The lowest BCUT2D eigenvalue weighted by Gasteiger charge is -2.09. The summed E-state index contributed by atoms with van der Waals surface area (Å²) in [6, 6.07) is 4.40. The largest absolute Gasteiger partial charge is 0.495 e. The van der Waals surface area contributed by atoms with Crippen LogP contribution in [-0.2, 0) is 14.8 Å². The molecule has 6 nitrogen and oxygen atoms in total. The first kappa shape index (κ1) is 17.5. The van der Waals surface area contributed by atoms with Crippen molar-refractivity contribution < 1.29 is 23.0 Å². The molecule has 2 N–H and O–H groups in total. The molecule has 0 heterocycles. The molecular weight excluding hydrogens is 294 g/mol. The van der Waals surface area contributed by atoms with Gasteiger partial charge >= 0.3 is 0 Å². The molecule has 0 unspecified atom stereocenters. The molecule has 0 aliphatic rings. The number of hydrogen-bond donors (Lipinski definition) is 2. The lowest BCUT2D eigenvalue weighted by molar-refractivity contribution is 0.196. The summed E-state index contributed by atoms with van der Waals surface area (Å²) < 4.78 is 36.7. The van der Waals surface area contributed by atoms with Crippen molar-refractivity contribution in [2.75, 3.05) is 34.0 Å². The Morgan fingerprint density at radius 1 is 1.33 bits per heavy atom. The van der Waals surface area contributed by atoms with Gasteiger partial charge in [0, 0.05) is 20.3 Å². The minimum atomic E-state index is -3.60. The molecule has 0 radical (unpaired) electrons. The van der Waals surface area contributed by atoms with Crippen molar-refractivity contribution in [1.29, 1.82) is 0 Å². The van der Waals surface area contributed by atoms with Crippen molar-refractivity contribution in [3.63, 3.8) is 0 Å². The predicted octanol–water partition coefficient (Wildman–Crippen LogP) is 0.354. The van der Waals surface area contributed by atoms with E-state index in [9.17, 15) is 8.42 Å². The highest BCUT2D eigenvalue weighted by Crippen LogP contribution is 2.21. The summed E-state index contributed by atoms with van der Waals surface area (Å²) in [5.41, 5.74) is 0.409. The zero-order valence-electron chi connectivity index (χ0n) is 12.0. The first-order valence-electron chi connectivity index (χ1n) is 6.31. The molecule has 0 saturated carbocycles. The smallest absolute Gasteiger partial charge is 0.240 e. The first-order valence-corrected chi connectivity index (χ1v) is 7.80. The highest BCUT2D eigenvalue weighted by molar-refractivity contribution is 7.89. The fraction of sp³-hybridized carbons (Fsp3) is 0.429. The second kappa shape index (κ2) is 8.64. The fourth-order valence-corrected chi connectivity index (χ4v) is 2.69. The summed E-state index contributed by atoms with van der Waals surface area (Å²) >= 11 is 0. The third kappa shape index (κ3) is 5.36. The normalized spacial score (nSPS) is 10.8. The maximum Gasteiger partial charge on any atom is 0.240 e. The van der Waals surface area contributed by atoms with E-state index < -0.39 is 10.0 Å². The fourth-order valence-electron chi connectivity index (χ4n) is 1.59. The quantitative estimate of drug-likeness (QED) is 0.561. The van der Waals surface area contributed by atoms with Crippen LogP contribution in [-0.4, -0.2) is 47.5 Å². The molecule has 1 rings (SSSR count). The minimum Gasteiger partial charge on any atom is -0.495 e. The van der Waals surface area contributed by atoms with E-state index in [2.05, 4.69) is 16.6 Å². The Morgan fingerprint density at radius 3 is 2.71 bits per heavy atom. The van der Waals surface area contributed by atoms with Crippen LogP contribution in [0.2, 0.25) is 0 Å². The van der Waals surface area contributed by atoms with Crippen molar-refractivity contribution in [3.8, 4) is 17.6 Å². The Hall–Kier alpha value is -1.59. The molecule has 116 valence electrons. The van der Waals surface area contributed by atoms with E-state index in [1.165, 1.54) is 25.3 Å². The molecule has 1 aromatic rings. The van der Waals surface area contributed by atoms with Crippen LogP contribution in [0.3, 0.4) is 0 Å². The van der Waals surface area contributed by atoms with E-state index in [-0.39, 0.29) is 11.5 Å². The molecule has 0 fully saturated rings. The molecule has 0 aliphatic heterocycles. The standard InChI is InChI=1S/C14H19NO5S/c1-19-10-4-8-15-21(17,18)13-6-7-14(20-2)12(11-13)5-3-9-16/h6-7,11,15-16H,4,8-10H2,1-2H3. The van der Waals surface area contributed by atoms with E-state index in [0.29, 0.717) is 30.9 Å². The second-order valence-corrected chi connectivity index (χ2v) is 5.83. The average Bonchev–Trinajstić information content (AvgIpc) is 2.49. The molecule has 7 heteroatoms. The number of rotatable bonds is 7. The lowest BCUT2D eigenvalue weighted by atomic mass is 10.2. The van der Waals surface area contributed by atoms with Crippen molar-refractivity contribution >= 4 is 10.0 Å².